The fourth-order valence-corrected chi connectivity index (χ4v) is 6.08. The minimum absolute atomic E-state index is 0.0492. The summed E-state index contributed by atoms with van der Waals surface area (Å²) >= 11 is 1.49. The minimum atomic E-state index is -3.45. The van der Waals surface area contributed by atoms with Gasteiger partial charge in [-0.2, -0.15) is 17.0 Å². The van der Waals surface area contributed by atoms with Crippen molar-refractivity contribution in [2.75, 3.05) is 59.6 Å². The number of rotatable bonds is 5. The van der Waals surface area contributed by atoms with E-state index in [1.54, 1.807) is 0 Å². The molecule has 3 rings (SSSR count). The molecular weight excluding hydrogens is 394 g/mol. The van der Waals surface area contributed by atoms with E-state index in [9.17, 15) is 23.1 Å². The van der Waals surface area contributed by atoms with Crippen LogP contribution >= 0.6 is 11.8 Å². The first kappa shape index (κ1) is 20.6. The summed E-state index contributed by atoms with van der Waals surface area (Å²) in [5.74, 6) is -0.959. The van der Waals surface area contributed by atoms with Gasteiger partial charge in [0.05, 0.1) is 33.2 Å². The number of β-lactam (4-membered cyclic amide) rings is 1. The summed E-state index contributed by atoms with van der Waals surface area (Å²) in [4.78, 5) is 25.2. The van der Waals surface area contributed by atoms with E-state index < -0.39 is 22.2 Å². The van der Waals surface area contributed by atoms with Gasteiger partial charge in [-0.3, -0.25) is 9.69 Å². The third-order valence-corrected chi connectivity index (χ3v) is 8.73. The van der Waals surface area contributed by atoms with E-state index in [2.05, 4.69) is 0 Å². The van der Waals surface area contributed by atoms with Gasteiger partial charge in [-0.1, -0.05) is 0 Å². The van der Waals surface area contributed by atoms with Gasteiger partial charge in [0.15, 0.2) is 0 Å². The topological polar surface area (TPSA) is 124 Å². The average Bonchev–Trinajstić information content (AvgIpc) is 2.60. The van der Waals surface area contributed by atoms with E-state index in [0.29, 0.717) is 48.5 Å². The van der Waals surface area contributed by atoms with Gasteiger partial charge < -0.3 is 15.3 Å². The molecule has 12 heteroatoms. The highest BCUT2D eigenvalue weighted by molar-refractivity contribution is 8.00. The summed E-state index contributed by atoms with van der Waals surface area (Å²) in [5, 5.41) is 9.35. The van der Waals surface area contributed by atoms with Crippen LogP contribution in [0.4, 0.5) is 0 Å². The zero-order valence-electron chi connectivity index (χ0n) is 15.7. The molecule has 3 aliphatic heterocycles. The molecule has 2 saturated heterocycles. The first-order valence-electron chi connectivity index (χ1n) is 8.65. The van der Waals surface area contributed by atoms with E-state index in [-0.39, 0.29) is 17.0 Å². The van der Waals surface area contributed by atoms with Crippen molar-refractivity contribution in [2.24, 2.45) is 5.73 Å². The number of nitrogens with zero attached hydrogens (tertiary/aromatic N) is 4. The van der Waals surface area contributed by atoms with Gasteiger partial charge in [0.1, 0.15) is 23.7 Å². The lowest BCUT2D eigenvalue weighted by atomic mass is 10.0. The maximum atomic E-state index is 12.3. The van der Waals surface area contributed by atoms with Crippen molar-refractivity contribution in [3.05, 3.63) is 11.3 Å². The maximum absolute atomic E-state index is 12.3. The van der Waals surface area contributed by atoms with Crippen molar-refractivity contribution in [1.29, 1.82) is 0 Å². The van der Waals surface area contributed by atoms with Crippen LogP contribution in [0.15, 0.2) is 11.3 Å². The number of fused-ring (bicyclic) bond motifs is 1. The SMILES string of the molecule is CN(C)S(=O)(=O)N1CC[N+](C)(CC2=C(C(=O)O)N3C(=O)C(N)C3SC2)CC1. The molecule has 2 unspecified atom stereocenters. The molecule has 0 aliphatic carbocycles. The first-order valence-corrected chi connectivity index (χ1v) is 11.1. The van der Waals surface area contributed by atoms with Crippen molar-refractivity contribution in [3.63, 3.8) is 0 Å². The average molecular weight is 421 g/mol. The highest BCUT2D eigenvalue weighted by Gasteiger charge is 2.52. The Bertz CT molecular complexity index is 788. The van der Waals surface area contributed by atoms with Crippen molar-refractivity contribution in [2.45, 2.75) is 11.4 Å². The Hall–Kier alpha value is -1.18. The number of carboxylic acids is 1. The fraction of sp³-hybridized carbons (Fsp3) is 0.733. The number of hydrogen-bond donors (Lipinski definition) is 2. The third kappa shape index (κ3) is 3.49. The lowest BCUT2D eigenvalue weighted by molar-refractivity contribution is -0.908. The Morgan fingerprint density at radius 1 is 1.37 bits per heavy atom. The normalized spacial score (nSPS) is 28.9. The summed E-state index contributed by atoms with van der Waals surface area (Å²) < 4.78 is 27.7. The van der Waals surface area contributed by atoms with E-state index >= 15 is 0 Å². The van der Waals surface area contributed by atoms with Gasteiger partial charge in [0.25, 0.3) is 10.2 Å². The second-order valence-corrected chi connectivity index (χ2v) is 10.9. The molecule has 0 bridgehead atoms. The molecule has 152 valence electrons. The first-order chi connectivity index (χ1) is 12.5. The van der Waals surface area contributed by atoms with Crippen LogP contribution in [0.5, 0.6) is 0 Å². The number of nitrogens with two attached hydrogens (primary N) is 1. The number of carbonyl (C=O) groups is 2. The number of quaternary nitrogens is 1. The number of carboxylic acid groups (broad SMARTS) is 1. The van der Waals surface area contributed by atoms with E-state index in [1.807, 2.05) is 7.05 Å². The lowest BCUT2D eigenvalue weighted by Crippen LogP contribution is -2.69. The van der Waals surface area contributed by atoms with Gasteiger partial charge in [-0.05, 0) is 0 Å². The molecule has 0 aromatic carbocycles. The van der Waals surface area contributed by atoms with Crippen molar-refractivity contribution in [1.82, 2.24) is 13.5 Å². The van der Waals surface area contributed by atoms with Crippen LogP contribution in [0.1, 0.15) is 0 Å². The second-order valence-electron chi connectivity index (χ2n) is 7.61. The molecule has 27 heavy (non-hydrogen) atoms. The molecule has 0 spiro atoms. The van der Waals surface area contributed by atoms with Crippen LogP contribution < -0.4 is 5.73 Å². The number of amides is 1. The predicted molar refractivity (Wildman–Crippen MR) is 101 cm³/mol. The van der Waals surface area contributed by atoms with Crippen LogP contribution in [-0.2, 0) is 19.8 Å². The number of aliphatic carboxylic acids is 1. The lowest BCUT2D eigenvalue weighted by Gasteiger charge is -2.49. The molecule has 10 nitrogen and oxygen atoms in total. The molecule has 2 atom stereocenters. The van der Waals surface area contributed by atoms with Gasteiger partial charge in [0.2, 0.25) is 5.91 Å². The Labute approximate surface area is 163 Å². The van der Waals surface area contributed by atoms with Gasteiger partial charge >= 0.3 is 5.97 Å². The summed E-state index contributed by atoms with van der Waals surface area (Å²) in [6, 6.07) is -0.643. The Balaban J connectivity index is 1.76. The van der Waals surface area contributed by atoms with Crippen LogP contribution in [-0.4, -0.2) is 114 Å². The van der Waals surface area contributed by atoms with Crippen LogP contribution in [0.3, 0.4) is 0 Å². The number of piperazine rings is 1. The summed E-state index contributed by atoms with van der Waals surface area (Å²) in [7, 11) is 1.56. The van der Waals surface area contributed by atoms with Gasteiger partial charge in [-0.25, -0.2) is 4.79 Å². The van der Waals surface area contributed by atoms with E-state index in [0.717, 1.165) is 0 Å². The van der Waals surface area contributed by atoms with E-state index in [4.69, 9.17) is 5.73 Å². The van der Waals surface area contributed by atoms with Crippen molar-refractivity contribution < 1.29 is 27.6 Å². The van der Waals surface area contributed by atoms with Crippen LogP contribution in [0.25, 0.3) is 0 Å². The molecule has 0 radical (unpaired) electrons. The zero-order valence-corrected chi connectivity index (χ0v) is 17.3. The number of hydrogen-bond acceptors (Lipinski definition) is 6. The van der Waals surface area contributed by atoms with Gasteiger partial charge in [0, 0.05) is 25.4 Å². The molecule has 0 aromatic heterocycles. The number of likely N-dealkylation sites (N-methyl/N-ethyl adjacent to an activating group) is 1. The van der Waals surface area contributed by atoms with Crippen LogP contribution in [0.2, 0.25) is 0 Å². The molecule has 2 fully saturated rings. The molecular formula is C15H26N5O5S2+. The number of thioether (sulfide) groups is 1. The molecule has 0 aromatic rings. The Morgan fingerprint density at radius 2 is 1.96 bits per heavy atom. The smallest absolute Gasteiger partial charge is 0.352 e. The quantitative estimate of drug-likeness (QED) is 0.395. The highest BCUT2D eigenvalue weighted by atomic mass is 32.2. The highest BCUT2D eigenvalue weighted by Crippen LogP contribution is 2.40. The third-order valence-electron chi connectivity index (χ3n) is 5.43. The molecule has 3 N–H and O–H groups in total. The second kappa shape index (κ2) is 7.01. The van der Waals surface area contributed by atoms with Crippen molar-refractivity contribution >= 4 is 33.8 Å². The zero-order chi connectivity index (χ0) is 20.1. The minimum Gasteiger partial charge on any atom is -0.477 e. The standard InChI is InChI=1S/C15H25N5O5S2/c1-17(2)27(24,25)18-4-6-20(3,7-5-18)8-10-9-26-14-11(16)13(21)19(14)12(10)15(22)23/h11,14H,4-9,16H2,1-3H3/p+1. The molecule has 3 heterocycles. The van der Waals surface area contributed by atoms with Crippen LogP contribution in [0, 0.1) is 0 Å². The maximum Gasteiger partial charge on any atom is 0.352 e. The molecule has 0 saturated carbocycles. The summed E-state index contributed by atoms with van der Waals surface area (Å²) in [5.41, 5.74) is 6.53. The Morgan fingerprint density at radius 3 is 2.48 bits per heavy atom. The number of carbonyl (C=O) groups excluding carboxylic acids is 1. The predicted octanol–water partition coefficient (Wildman–Crippen LogP) is -1.86. The largest absolute Gasteiger partial charge is 0.477 e. The van der Waals surface area contributed by atoms with E-state index in [1.165, 1.54) is 39.4 Å². The summed E-state index contributed by atoms with van der Waals surface area (Å²) in [6.45, 7) is 2.36. The van der Waals surface area contributed by atoms with Crippen molar-refractivity contribution in [3.8, 4) is 0 Å². The molecule has 3 aliphatic rings. The van der Waals surface area contributed by atoms with Gasteiger partial charge in [-0.15, -0.1) is 11.8 Å². The molecule has 1 amide bonds. The Kier molecular flexibility index (Phi) is 5.34. The fourth-order valence-electron chi connectivity index (χ4n) is 3.71. The monoisotopic (exact) mass is 420 g/mol. The summed E-state index contributed by atoms with van der Waals surface area (Å²) in [6.07, 6.45) is 0.